The maximum Gasteiger partial charge on any atom is 0.273 e. The van der Waals surface area contributed by atoms with E-state index in [0.717, 1.165) is 48.1 Å². The lowest BCUT2D eigenvalue weighted by Crippen LogP contribution is -2.47. The molecule has 0 atom stereocenters. The molecule has 2 heterocycles. The van der Waals surface area contributed by atoms with Crippen LogP contribution in [-0.2, 0) is 6.61 Å². The molecule has 3 aromatic rings. The van der Waals surface area contributed by atoms with E-state index >= 15 is 0 Å². The van der Waals surface area contributed by atoms with E-state index in [4.69, 9.17) is 16.3 Å². The van der Waals surface area contributed by atoms with Crippen LogP contribution in [0.5, 0.6) is 5.75 Å². The van der Waals surface area contributed by atoms with Gasteiger partial charge in [-0.15, -0.1) is 11.3 Å². The number of aromatic nitrogens is 1. The highest BCUT2D eigenvalue weighted by Crippen LogP contribution is 2.27. The third-order valence-electron chi connectivity index (χ3n) is 4.93. The molecule has 1 fully saturated rings. The van der Waals surface area contributed by atoms with Gasteiger partial charge in [-0.25, -0.2) is 4.98 Å². The average molecular weight is 428 g/mol. The zero-order valence-electron chi connectivity index (χ0n) is 16.2. The highest BCUT2D eigenvalue weighted by atomic mass is 35.5. The Kier molecular flexibility index (Phi) is 6.13. The lowest BCUT2D eigenvalue weighted by Gasteiger charge is -2.31. The van der Waals surface area contributed by atoms with Gasteiger partial charge in [0, 0.05) is 42.1 Å². The van der Waals surface area contributed by atoms with Crippen LogP contribution in [0.3, 0.4) is 0 Å². The van der Waals surface area contributed by atoms with E-state index in [1.54, 1.807) is 0 Å². The Hall–Kier alpha value is -2.41. The van der Waals surface area contributed by atoms with Crippen LogP contribution in [0.1, 0.15) is 16.1 Å². The predicted octanol–water partition coefficient (Wildman–Crippen LogP) is 4.43. The molecule has 1 saturated heterocycles. The second-order valence-corrected chi connectivity index (χ2v) is 8.37. The molecule has 1 aliphatic heterocycles. The van der Waals surface area contributed by atoms with Crippen LogP contribution in [-0.4, -0.2) is 53.9 Å². The number of hydrogen-bond donors (Lipinski definition) is 0. The highest BCUT2D eigenvalue weighted by molar-refractivity contribution is 7.13. The first-order chi connectivity index (χ1) is 14.1. The van der Waals surface area contributed by atoms with Crippen molar-refractivity contribution >= 4 is 28.8 Å². The van der Waals surface area contributed by atoms with Gasteiger partial charge in [-0.1, -0.05) is 23.7 Å². The van der Waals surface area contributed by atoms with Crippen LogP contribution in [0.15, 0.2) is 53.9 Å². The number of thiazole rings is 1. The van der Waals surface area contributed by atoms with E-state index in [1.807, 2.05) is 58.8 Å². The maximum atomic E-state index is 12.7. The minimum absolute atomic E-state index is 0.0171. The summed E-state index contributed by atoms with van der Waals surface area (Å²) in [5, 5.41) is 3.40. The van der Waals surface area contributed by atoms with E-state index in [-0.39, 0.29) is 5.91 Å². The smallest absolute Gasteiger partial charge is 0.273 e. The van der Waals surface area contributed by atoms with E-state index in [1.165, 1.54) is 11.3 Å². The Labute approximate surface area is 179 Å². The molecule has 150 valence electrons. The highest BCUT2D eigenvalue weighted by Gasteiger charge is 2.22. The number of hydrogen-bond acceptors (Lipinski definition) is 5. The first-order valence-electron chi connectivity index (χ1n) is 9.49. The number of rotatable bonds is 5. The minimum atomic E-state index is 0.0171. The van der Waals surface area contributed by atoms with Crippen LogP contribution < -0.4 is 4.74 Å². The van der Waals surface area contributed by atoms with Crippen molar-refractivity contribution < 1.29 is 9.53 Å². The van der Waals surface area contributed by atoms with Gasteiger partial charge < -0.3 is 14.5 Å². The second-order valence-electron chi connectivity index (χ2n) is 7.07. The summed E-state index contributed by atoms with van der Waals surface area (Å²) < 4.78 is 5.83. The number of amides is 1. The van der Waals surface area contributed by atoms with E-state index in [9.17, 15) is 4.79 Å². The lowest BCUT2D eigenvalue weighted by atomic mass is 10.2. The zero-order chi connectivity index (χ0) is 20.2. The van der Waals surface area contributed by atoms with Crippen LogP contribution in [0.4, 0.5) is 0 Å². The maximum absolute atomic E-state index is 12.7. The number of benzene rings is 2. The summed E-state index contributed by atoms with van der Waals surface area (Å²) in [5.41, 5.74) is 2.56. The summed E-state index contributed by atoms with van der Waals surface area (Å²) in [4.78, 5) is 21.3. The minimum Gasteiger partial charge on any atom is -0.489 e. The molecule has 1 amide bonds. The van der Waals surface area contributed by atoms with Crippen LogP contribution in [0, 0.1) is 0 Å². The number of piperazine rings is 1. The van der Waals surface area contributed by atoms with Crippen molar-refractivity contribution in [2.45, 2.75) is 6.61 Å². The number of halogens is 1. The standard InChI is InChI=1S/C22H22ClN3O2S/c1-25-10-12-26(13-11-25)22(27)20-15-29-21(24-20)17-4-8-19(9-5-17)28-14-16-2-6-18(23)7-3-16/h2-9,15H,10-14H2,1H3. The fraction of sp³-hybridized carbons (Fsp3) is 0.273. The summed E-state index contributed by atoms with van der Waals surface area (Å²) in [6, 6.07) is 15.4. The number of carbonyl (C=O) groups is 1. The lowest BCUT2D eigenvalue weighted by molar-refractivity contribution is 0.0659. The molecule has 0 saturated carbocycles. The molecule has 0 bridgehead atoms. The monoisotopic (exact) mass is 427 g/mol. The molecule has 0 aliphatic carbocycles. The van der Waals surface area contributed by atoms with Gasteiger partial charge in [0.25, 0.3) is 5.91 Å². The molecule has 1 aromatic heterocycles. The Morgan fingerprint density at radius 2 is 1.76 bits per heavy atom. The molecule has 1 aliphatic rings. The van der Waals surface area contributed by atoms with E-state index in [2.05, 4.69) is 16.9 Å². The van der Waals surface area contributed by atoms with Crippen LogP contribution >= 0.6 is 22.9 Å². The average Bonchev–Trinajstić information content (AvgIpc) is 3.24. The van der Waals surface area contributed by atoms with Gasteiger partial charge in [-0.2, -0.15) is 0 Å². The zero-order valence-corrected chi connectivity index (χ0v) is 17.7. The Balaban J connectivity index is 1.38. The van der Waals surface area contributed by atoms with E-state index in [0.29, 0.717) is 17.3 Å². The third-order valence-corrected chi connectivity index (χ3v) is 6.08. The fourth-order valence-corrected chi connectivity index (χ4v) is 4.04. The molecule has 4 rings (SSSR count). The second kappa shape index (κ2) is 8.95. The van der Waals surface area contributed by atoms with Crippen molar-refractivity contribution in [1.82, 2.24) is 14.8 Å². The molecule has 0 N–H and O–H groups in total. The van der Waals surface area contributed by atoms with E-state index < -0.39 is 0 Å². The van der Waals surface area contributed by atoms with Crippen molar-refractivity contribution in [2.24, 2.45) is 0 Å². The summed E-state index contributed by atoms with van der Waals surface area (Å²) >= 11 is 7.39. The molecular formula is C22H22ClN3O2S. The topological polar surface area (TPSA) is 45.7 Å². The molecule has 0 radical (unpaired) electrons. The summed E-state index contributed by atoms with van der Waals surface area (Å²) in [7, 11) is 2.08. The van der Waals surface area contributed by atoms with Crippen molar-refractivity contribution in [2.75, 3.05) is 33.2 Å². The SMILES string of the molecule is CN1CCN(C(=O)c2csc(-c3ccc(OCc4ccc(Cl)cc4)cc3)n2)CC1. The van der Waals surface area contributed by atoms with Crippen LogP contribution in [0.25, 0.3) is 10.6 Å². The van der Waals surface area contributed by atoms with Crippen LogP contribution in [0.2, 0.25) is 5.02 Å². The van der Waals surface area contributed by atoms with Crippen molar-refractivity contribution in [3.05, 3.63) is 70.2 Å². The Bertz CT molecular complexity index is 964. The first-order valence-corrected chi connectivity index (χ1v) is 10.8. The van der Waals surface area contributed by atoms with Gasteiger partial charge in [-0.05, 0) is 49.0 Å². The molecular weight excluding hydrogens is 406 g/mol. The summed E-state index contributed by atoms with van der Waals surface area (Å²) in [6.07, 6.45) is 0. The predicted molar refractivity (Wildman–Crippen MR) is 117 cm³/mol. The van der Waals surface area contributed by atoms with Crippen molar-refractivity contribution in [1.29, 1.82) is 0 Å². The third kappa shape index (κ3) is 4.96. The number of ether oxygens (including phenoxy) is 1. The molecule has 5 nitrogen and oxygen atoms in total. The molecule has 2 aromatic carbocycles. The molecule has 7 heteroatoms. The van der Waals surface area contributed by atoms with Gasteiger partial charge in [0.1, 0.15) is 23.1 Å². The van der Waals surface area contributed by atoms with Gasteiger partial charge in [0.05, 0.1) is 0 Å². The quantitative estimate of drug-likeness (QED) is 0.604. The molecule has 0 unspecified atom stereocenters. The van der Waals surface area contributed by atoms with Gasteiger partial charge in [0.15, 0.2) is 0 Å². The summed E-state index contributed by atoms with van der Waals surface area (Å²) in [6.45, 7) is 3.79. The molecule has 29 heavy (non-hydrogen) atoms. The Morgan fingerprint density at radius 1 is 1.07 bits per heavy atom. The Morgan fingerprint density at radius 3 is 2.45 bits per heavy atom. The van der Waals surface area contributed by atoms with Gasteiger partial charge in [-0.3, -0.25) is 4.79 Å². The van der Waals surface area contributed by atoms with Crippen molar-refractivity contribution in [3.8, 4) is 16.3 Å². The van der Waals surface area contributed by atoms with Gasteiger partial charge in [0.2, 0.25) is 0 Å². The normalized spacial score (nSPS) is 14.8. The van der Waals surface area contributed by atoms with Crippen molar-refractivity contribution in [3.63, 3.8) is 0 Å². The number of likely N-dealkylation sites (N-methyl/N-ethyl adjacent to an activating group) is 1. The largest absolute Gasteiger partial charge is 0.489 e. The summed E-state index contributed by atoms with van der Waals surface area (Å²) in [5.74, 6) is 0.803. The first kappa shape index (κ1) is 19.9. The number of carbonyl (C=O) groups excluding carboxylic acids is 1. The number of nitrogens with zero attached hydrogens (tertiary/aromatic N) is 3. The van der Waals surface area contributed by atoms with Gasteiger partial charge >= 0.3 is 0 Å². The molecule has 0 spiro atoms. The fourth-order valence-electron chi connectivity index (χ4n) is 3.12.